The number of quaternary nitrogens is 1. The Morgan fingerprint density at radius 2 is 1.05 bits per heavy atom. The molecule has 13 nitrogen and oxygen atoms in total. The van der Waals surface area contributed by atoms with Gasteiger partial charge in [-0.1, -0.05) is 0 Å². The Balaban J connectivity index is 3.23. The second kappa shape index (κ2) is 29.1. The van der Waals surface area contributed by atoms with Crippen LogP contribution < -0.4 is 4.72 Å². The summed E-state index contributed by atoms with van der Waals surface area (Å²) in [7, 11) is 1.29. The van der Waals surface area contributed by atoms with E-state index in [1.807, 2.05) is 6.92 Å². The van der Waals surface area contributed by atoms with Crippen molar-refractivity contribution in [3.63, 3.8) is 0 Å². The van der Waals surface area contributed by atoms with Gasteiger partial charge < -0.3 is 37.6 Å². The minimum absolute atomic E-state index is 0.436. The molecule has 0 aliphatic rings. The van der Waals surface area contributed by atoms with E-state index in [1.165, 1.54) is 0 Å². The molecule has 0 unspecified atom stereocenters. The minimum atomic E-state index is -3.11. The second-order valence-electron chi connectivity index (χ2n) is 9.85. The van der Waals surface area contributed by atoms with E-state index in [9.17, 15) is 8.42 Å². The molecule has 1 N–H and O–H groups in total. The Bertz CT molecular complexity index is 736. The Hall–Kier alpha value is -1.03. The van der Waals surface area contributed by atoms with Gasteiger partial charge in [0.25, 0.3) is 0 Å². The maximum absolute atomic E-state index is 10.9. The molecule has 0 aromatic rings. The Morgan fingerprint density at radius 3 is 1.49 bits per heavy atom. The van der Waals surface area contributed by atoms with Crippen molar-refractivity contribution in [3.8, 4) is 0 Å². The number of hydrogen-bond donors (Lipinski definition) is 1. The van der Waals surface area contributed by atoms with Crippen LogP contribution >= 0.6 is 0 Å². The first-order valence-corrected chi connectivity index (χ1v) is 16.5. The first-order chi connectivity index (χ1) is 19.8. The Morgan fingerprint density at radius 1 is 0.610 bits per heavy atom. The number of rotatable bonds is 32. The van der Waals surface area contributed by atoms with Crippen LogP contribution in [-0.2, 0) is 43.2 Å². The standard InChI is InChI=1S/C27H57N4O9S/c1-5-28-27-29-9-8-11-31(2,3)12-14-35-16-18-37-20-22-39-24-26-40-25-23-38-21-19-36-17-15-34-13-7-6-10-30-41(4,32)33/h30H,5-26H2,1-4H3/q+1. The quantitative estimate of drug-likeness (QED) is 0.0672. The number of nitrogens with zero attached hydrogens (tertiary/aromatic N) is 3. The summed E-state index contributed by atoms with van der Waals surface area (Å²) in [5.74, 6) is 0. The van der Waals surface area contributed by atoms with Crippen LogP contribution in [0.15, 0.2) is 9.98 Å². The predicted octanol–water partition coefficient (Wildman–Crippen LogP) is 1.09. The normalized spacial score (nSPS) is 12.0. The molecule has 0 amide bonds. The molecule has 14 heteroatoms. The van der Waals surface area contributed by atoms with E-state index < -0.39 is 10.0 Å². The highest BCUT2D eigenvalue weighted by molar-refractivity contribution is 7.88. The van der Waals surface area contributed by atoms with E-state index in [-0.39, 0.29) is 0 Å². The Labute approximate surface area is 248 Å². The summed E-state index contributed by atoms with van der Waals surface area (Å²) in [6.45, 7) is 13.4. The molecule has 0 fully saturated rings. The van der Waals surface area contributed by atoms with Crippen LogP contribution in [0, 0.1) is 0 Å². The van der Waals surface area contributed by atoms with Crippen molar-refractivity contribution in [2.24, 2.45) is 9.98 Å². The first-order valence-electron chi connectivity index (χ1n) is 14.7. The fraction of sp³-hybridized carbons (Fsp3) is 0.963. The van der Waals surface area contributed by atoms with Gasteiger partial charge in [0.05, 0.1) is 125 Å². The number of nitrogens with one attached hydrogen (secondary N) is 1. The van der Waals surface area contributed by atoms with Gasteiger partial charge in [0.2, 0.25) is 10.0 Å². The zero-order chi connectivity index (χ0) is 30.3. The highest BCUT2D eigenvalue weighted by atomic mass is 32.2. The smallest absolute Gasteiger partial charge is 0.208 e. The summed E-state index contributed by atoms with van der Waals surface area (Å²) >= 11 is 0. The molecule has 0 atom stereocenters. The number of likely N-dealkylation sites (N-methyl/N-ethyl adjacent to an activating group) is 1. The molecule has 0 aliphatic heterocycles. The second-order valence-corrected chi connectivity index (χ2v) is 11.7. The van der Waals surface area contributed by atoms with Gasteiger partial charge in [0.15, 0.2) is 0 Å². The van der Waals surface area contributed by atoms with Crippen LogP contribution in [0.4, 0.5) is 0 Å². The lowest BCUT2D eigenvalue weighted by molar-refractivity contribution is -0.890. The van der Waals surface area contributed by atoms with Crippen molar-refractivity contribution in [2.75, 3.05) is 146 Å². The van der Waals surface area contributed by atoms with Gasteiger partial charge in [0, 0.05) is 26.1 Å². The molecule has 0 spiro atoms. The van der Waals surface area contributed by atoms with Crippen molar-refractivity contribution in [3.05, 3.63) is 0 Å². The molecule has 0 aliphatic carbocycles. The third kappa shape index (κ3) is 35.1. The summed E-state index contributed by atoms with van der Waals surface area (Å²) in [6.07, 6.45) is 3.70. The summed E-state index contributed by atoms with van der Waals surface area (Å²) in [4.78, 5) is 8.12. The van der Waals surface area contributed by atoms with Gasteiger partial charge in [-0.3, -0.25) is 0 Å². The van der Waals surface area contributed by atoms with E-state index in [0.29, 0.717) is 99.0 Å². The fourth-order valence-corrected chi connectivity index (χ4v) is 3.70. The van der Waals surface area contributed by atoms with Crippen molar-refractivity contribution < 1.29 is 46.1 Å². The zero-order valence-corrected chi connectivity index (χ0v) is 26.8. The topological polar surface area (TPSA) is 136 Å². The minimum Gasteiger partial charge on any atom is -0.379 e. The van der Waals surface area contributed by atoms with Crippen LogP contribution in [0.25, 0.3) is 0 Å². The van der Waals surface area contributed by atoms with Crippen LogP contribution in [-0.4, -0.2) is 164 Å². The zero-order valence-electron chi connectivity index (χ0n) is 26.0. The maximum atomic E-state index is 10.9. The maximum Gasteiger partial charge on any atom is 0.208 e. The van der Waals surface area contributed by atoms with E-state index in [4.69, 9.17) is 33.2 Å². The molecular formula is C27H57N4O9S+. The lowest BCUT2D eigenvalue weighted by Crippen LogP contribution is -2.43. The fourth-order valence-electron chi connectivity index (χ4n) is 3.18. The number of aliphatic imine (C=N–C) groups is 2. The van der Waals surface area contributed by atoms with Crippen LogP contribution in [0.1, 0.15) is 26.2 Å². The lowest BCUT2D eigenvalue weighted by Gasteiger charge is -2.29. The number of unbranched alkanes of at least 4 members (excludes halogenated alkanes) is 1. The van der Waals surface area contributed by atoms with Crippen molar-refractivity contribution in [1.82, 2.24) is 4.72 Å². The third-order valence-corrected chi connectivity index (χ3v) is 6.21. The number of ether oxygens (including phenoxy) is 7. The number of hydrogen-bond acceptors (Lipinski definition) is 11. The van der Waals surface area contributed by atoms with Gasteiger partial charge in [-0.05, 0) is 19.8 Å². The molecule has 0 heterocycles. The van der Waals surface area contributed by atoms with Crippen molar-refractivity contribution >= 4 is 16.0 Å². The highest BCUT2D eigenvalue weighted by Gasteiger charge is 2.13. The molecule has 41 heavy (non-hydrogen) atoms. The molecule has 0 saturated carbocycles. The lowest BCUT2D eigenvalue weighted by atomic mass is 10.3. The van der Waals surface area contributed by atoms with E-state index in [0.717, 1.165) is 56.2 Å². The average Bonchev–Trinajstić information content (AvgIpc) is 2.92. The van der Waals surface area contributed by atoms with Gasteiger partial charge >= 0.3 is 0 Å². The Kier molecular flexibility index (Phi) is 28.3. The van der Waals surface area contributed by atoms with Gasteiger partial charge in [0.1, 0.15) is 6.54 Å². The largest absolute Gasteiger partial charge is 0.379 e. The summed E-state index contributed by atoms with van der Waals surface area (Å²) in [6, 6.07) is 2.71. The number of sulfonamides is 1. The van der Waals surface area contributed by atoms with Crippen molar-refractivity contribution in [1.29, 1.82) is 0 Å². The van der Waals surface area contributed by atoms with Gasteiger partial charge in [-0.25, -0.2) is 23.1 Å². The summed E-state index contributed by atoms with van der Waals surface area (Å²) in [5.41, 5.74) is 0. The summed E-state index contributed by atoms with van der Waals surface area (Å²) in [5, 5.41) is 0. The molecule has 0 saturated heterocycles. The third-order valence-electron chi connectivity index (χ3n) is 5.49. The first kappa shape index (κ1) is 40.0. The molecule has 0 aromatic heterocycles. The molecule has 0 rings (SSSR count). The SMILES string of the molecule is CCN=C=NCCC[N+](C)(C)CCOCCOCCOCCOCCOCCOCCOCCCCNS(C)(=O)=O. The van der Waals surface area contributed by atoms with Crippen LogP contribution in [0.5, 0.6) is 0 Å². The predicted molar refractivity (Wildman–Crippen MR) is 160 cm³/mol. The van der Waals surface area contributed by atoms with Crippen molar-refractivity contribution in [2.45, 2.75) is 26.2 Å². The van der Waals surface area contributed by atoms with Crippen LogP contribution in [0.2, 0.25) is 0 Å². The van der Waals surface area contributed by atoms with E-state index in [1.54, 1.807) is 0 Å². The molecule has 0 radical (unpaired) electrons. The van der Waals surface area contributed by atoms with Gasteiger partial charge in [-0.2, -0.15) is 0 Å². The monoisotopic (exact) mass is 613 g/mol. The molecule has 0 bridgehead atoms. The highest BCUT2D eigenvalue weighted by Crippen LogP contribution is 1.99. The molecule has 0 aromatic carbocycles. The molecule has 244 valence electrons. The molecular weight excluding hydrogens is 556 g/mol. The van der Waals surface area contributed by atoms with Gasteiger partial charge in [-0.15, -0.1) is 0 Å². The summed E-state index contributed by atoms with van der Waals surface area (Å²) < 4.78 is 63.7. The van der Waals surface area contributed by atoms with E-state index in [2.05, 4.69) is 34.8 Å². The average molecular weight is 614 g/mol. The van der Waals surface area contributed by atoms with Crippen LogP contribution in [0.3, 0.4) is 0 Å². The van der Waals surface area contributed by atoms with E-state index >= 15 is 0 Å².